The van der Waals surface area contributed by atoms with Gasteiger partial charge < -0.3 is 25.4 Å². The standard InChI is InChI=1S/C28H39N3O5/c1-5-6-7-11-18-31(24(33)20-30-27(35)36-28(2,3)4)25(22-14-16-23(32)17-15-22)26(34)29-19-21-12-9-8-10-13-21/h8-10,12-17,25,32H,5-7,11,18-20H2,1-4H3,(H,29,34)(H,30,35). The fourth-order valence-electron chi connectivity index (χ4n) is 3.68. The van der Waals surface area contributed by atoms with Crippen molar-refractivity contribution < 1.29 is 24.2 Å². The molecule has 0 spiro atoms. The van der Waals surface area contributed by atoms with Gasteiger partial charge in [0.2, 0.25) is 11.8 Å². The Bertz CT molecular complexity index is 971. The smallest absolute Gasteiger partial charge is 0.408 e. The number of hydrogen-bond donors (Lipinski definition) is 3. The highest BCUT2D eigenvalue weighted by Gasteiger charge is 2.31. The Kier molecular flexibility index (Phi) is 11.2. The monoisotopic (exact) mass is 497 g/mol. The number of benzene rings is 2. The highest BCUT2D eigenvalue weighted by atomic mass is 16.6. The number of unbranched alkanes of at least 4 members (excludes halogenated alkanes) is 3. The molecule has 1 unspecified atom stereocenters. The molecule has 0 saturated carbocycles. The van der Waals surface area contributed by atoms with Crippen molar-refractivity contribution in [3.8, 4) is 5.75 Å². The first-order valence-corrected chi connectivity index (χ1v) is 12.5. The van der Waals surface area contributed by atoms with Crippen LogP contribution in [0.1, 0.15) is 70.5 Å². The number of phenolic OH excluding ortho intramolecular Hbond substituents is 1. The van der Waals surface area contributed by atoms with E-state index in [4.69, 9.17) is 4.74 Å². The molecule has 0 bridgehead atoms. The summed E-state index contributed by atoms with van der Waals surface area (Å²) in [6.07, 6.45) is 2.98. The molecule has 8 nitrogen and oxygen atoms in total. The summed E-state index contributed by atoms with van der Waals surface area (Å²) >= 11 is 0. The predicted molar refractivity (Wildman–Crippen MR) is 139 cm³/mol. The van der Waals surface area contributed by atoms with E-state index in [0.717, 1.165) is 24.8 Å². The molecule has 3 amide bonds. The van der Waals surface area contributed by atoms with Gasteiger partial charge in [0.05, 0.1) is 0 Å². The molecule has 3 N–H and O–H groups in total. The van der Waals surface area contributed by atoms with Gasteiger partial charge in [-0.3, -0.25) is 9.59 Å². The number of rotatable bonds is 12. The van der Waals surface area contributed by atoms with Crippen LogP contribution >= 0.6 is 0 Å². The number of nitrogens with one attached hydrogen (secondary N) is 2. The Labute approximate surface area is 214 Å². The van der Waals surface area contributed by atoms with Crippen LogP contribution in [0.2, 0.25) is 0 Å². The van der Waals surface area contributed by atoms with Gasteiger partial charge in [-0.1, -0.05) is 68.7 Å². The van der Waals surface area contributed by atoms with E-state index >= 15 is 0 Å². The molecular weight excluding hydrogens is 458 g/mol. The third kappa shape index (κ3) is 9.98. The predicted octanol–water partition coefficient (Wildman–Crippen LogP) is 4.68. The minimum Gasteiger partial charge on any atom is -0.508 e. The normalized spacial score (nSPS) is 11.9. The maximum atomic E-state index is 13.5. The number of carbonyl (C=O) groups is 3. The Hall–Kier alpha value is -3.55. The number of nitrogens with zero attached hydrogens (tertiary/aromatic N) is 1. The Morgan fingerprint density at radius 2 is 1.61 bits per heavy atom. The van der Waals surface area contributed by atoms with Crippen molar-refractivity contribution in [2.75, 3.05) is 13.1 Å². The first-order chi connectivity index (χ1) is 17.1. The van der Waals surface area contributed by atoms with Gasteiger partial charge in [0.1, 0.15) is 23.9 Å². The lowest BCUT2D eigenvalue weighted by atomic mass is 10.0. The van der Waals surface area contributed by atoms with Crippen LogP contribution in [-0.4, -0.2) is 46.6 Å². The largest absolute Gasteiger partial charge is 0.508 e. The van der Waals surface area contributed by atoms with Crippen molar-refractivity contribution in [3.63, 3.8) is 0 Å². The number of aromatic hydroxyl groups is 1. The van der Waals surface area contributed by atoms with Crippen molar-refractivity contribution >= 4 is 17.9 Å². The molecule has 0 aliphatic heterocycles. The minimum atomic E-state index is -0.927. The lowest BCUT2D eigenvalue weighted by molar-refractivity contribution is -0.140. The molecule has 0 saturated heterocycles. The molecule has 0 fully saturated rings. The van der Waals surface area contributed by atoms with Crippen LogP contribution in [0.5, 0.6) is 5.75 Å². The number of hydrogen-bond acceptors (Lipinski definition) is 5. The Morgan fingerprint density at radius 1 is 0.944 bits per heavy atom. The van der Waals surface area contributed by atoms with Crippen molar-refractivity contribution in [2.24, 2.45) is 0 Å². The summed E-state index contributed by atoms with van der Waals surface area (Å²) in [6.45, 7) is 7.68. The average molecular weight is 498 g/mol. The van der Waals surface area contributed by atoms with Gasteiger partial charge in [-0.15, -0.1) is 0 Å². The second-order valence-electron chi connectivity index (χ2n) is 9.70. The first kappa shape index (κ1) is 28.7. The lowest BCUT2D eigenvalue weighted by Crippen LogP contribution is -2.48. The first-order valence-electron chi connectivity index (χ1n) is 12.5. The Balaban J connectivity index is 2.27. The topological polar surface area (TPSA) is 108 Å². The zero-order valence-corrected chi connectivity index (χ0v) is 21.8. The number of ether oxygens (including phenoxy) is 1. The molecule has 0 radical (unpaired) electrons. The average Bonchev–Trinajstić information content (AvgIpc) is 2.83. The van der Waals surface area contributed by atoms with Gasteiger partial charge in [0, 0.05) is 13.1 Å². The third-order valence-electron chi connectivity index (χ3n) is 5.43. The van der Waals surface area contributed by atoms with E-state index in [-0.39, 0.29) is 18.2 Å². The van der Waals surface area contributed by atoms with Crippen LogP contribution in [0.15, 0.2) is 54.6 Å². The van der Waals surface area contributed by atoms with E-state index in [1.165, 1.54) is 17.0 Å². The highest BCUT2D eigenvalue weighted by Crippen LogP contribution is 2.25. The molecule has 2 rings (SSSR count). The van der Waals surface area contributed by atoms with Gasteiger partial charge in [-0.05, 0) is 50.5 Å². The minimum absolute atomic E-state index is 0.0645. The summed E-state index contributed by atoms with van der Waals surface area (Å²) < 4.78 is 5.25. The third-order valence-corrected chi connectivity index (χ3v) is 5.43. The molecule has 0 aliphatic carbocycles. The fourth-order valence-corrected chi connectivity index (χ4v) is 3.68. The zero-order chi connectivity index (χ0) is 26.6. The van der Waals surface area contributed by atoms with E-state index in [2.05, 4.69) is 17.6 Å². The summed E-state index contributed by atoms with van der Waals surface area (Å²) in [5, 5.41) is 15.2. The Morgan fingerprint density at radius 3 is 2.22 bits per heavy atom. The van der Waals surface area contributed by atoms with E-state index in [0.29, 0.717) is 25.1 Å². The van der Waals surface area contributed by atoms with Crippen molar-refractivity contribution in [1.82, 2.24) is 15.5 Å². The lowest BCUT2D eigenvalue weighted by Gasteiger charge is -2.32. The van der Waals surface area contributed by atoms with Crippen molar-refractivity contribution in [3.05, 3.63) is 65.7 Å². The maximum Gasteiger partial charge on any atom is 0.408 e. The van der Waals surface area contributed by atoms with Crippen LogP contribution in [0, 0.1) is 0 Å². The SMILES string of the molecule is CCCCCCN(C(=O)CNC(=O)OC(C)(C)C)C(C(=O)NCc1ccccc1)c1ccc(O)cc1. The van der Waals surface area contributed by atoms with Crippen LogP contribution in [-0.2, 0) is 20.9 Å². The van der Waals surface area contributed by atoms with E-state index in [1.54, 1.807) is 32.9 Å². The number of carbonyl (C=O) groups excluding carboxylic acids is 3. The molecule has 8 heteroatoms. The molecular formula is C28H39N3O5. The van der Waals surface area contributed by atoms with E-state index in [1.807, 2.05) is 30.3 Å². The number of phenols is 1. The summed E-state index contributed by atoms with van der Waals surface area (Å²) in [6, 6.07) is 14.8. The maximum absolute atomic E-state index is 13.5. The molecule has 1 atom stereocenters. The van der Waals surface area contributed by atoms with Crippen molar-refractivity contribution in [2.45, 2.75) is 71.6 Å². The molecule has 0 aromatic heterocycles. The number of alkyl carbamates (subject to hydrolysis) is 1. The van der Waals surface area contributed by atoms with Crippen LogP contribution in [0.25, 0.3) is 0 Å². The highest BCUT2D eigenvalue weighted by molar-refractivity contribution is 5.90. The van der Waals surface area contributed by atoms with Gasteiger partial charge in [-0.25, -0.2) is 4.79 Å². The second-order valence-corrected chi connectivity index (χ2v) is 9.70. The van der Waals surface area contributed by atoms with E-state index < -0.39 is 23.6 Å². The van der Waals surface area contributed by atoms with Crippen molar-refractivity contribution in [1.29, 1.82) is 0 Å². The molecule has 36 heavy (non-hydrogen) atoms. The molecule has 2 aromatic carbocycles. The molecule has 0 heterocycles. The van der Waals surface area contributed by atoms with Gasteiger partial charge >= 0.3 is 6.09 Å². The summed E-state index contributed by atoms with van der Waals surface area (Å²) in [4.78, 5) is 40.5. The fraction of sp³-hybridized carbons (Fsp3) is 0.464. The van der Waals surface area contributed by atoms with Crippen LogP contribution in [0.4, 0.5) is 4.79 Å². The summed E-state index contributed by atoms with van der Waals surface area (Å²) in [7, 11) is 0. The molecule has 0 aliphatic rings. The van der Waals surface area contributed by atoms with Gasteiger partial charge in [0.25, 0.3) is 0 Å². The van der Waals surface area contributed by atoms with Gasteiger partial charge in [-0.2, -0.15) is 0 Å². The summed E-state index contributed by atoms with van der Waals surface area (Å²) in [5.41, 5.74) is 0.806. The molecule has 196 valence electrons. The van der Waals surface area contributed by atoms with Crippen LogP contribution < -0.4 is 10.6 Å². The van der Waals surface area contributed by atoms with Crippen LogP contribution in [0.3, 0.4) is 0 Å². The van der Waals surface area contributed by atoms with E-state index in [9.17, 15) is 19.5 Å². The summed E-state index contributed by atoms with van der Waals surface area (Å²) in [5.74, 6) is -0.675. The number of amides is 3. The quantitative estimate of drug-likeness (QED) is 0.369. The second kappa shape index (κ2) is 14.1. The zero-order valence-electron chi connectivity index (χ0n) is 21.8. The molecule has 2 aromatic rings. The van der Waals surface area contributed by atoms with Gasteiger partial charge in [0.15, 0.2) is 0 Å².